The molecule has 1 rings (SSSR count). The first kappa shape index (κ1) is 11.8. The summed E-state index contributed by atoms with van der Waals surface area (Å²) in [5.41, 5.74) is 0. The Bertz CT molecular complexity index is 82.4. The largest absolute Gasteiger partial charge is 0.395 e. The van der Waals surface area contributed by atoms with Crippen LogP contribution in [-0.4, -0.2) is 63.4 Å². The molecule has 0 saturated carbocycles. The third-order valence-corrected chi connectivity index (χ3v) is 1.70. The summed E-state index contributed by atoms with van der Waals surface area (Å²) in [6.45, 7) is 5.67. The normalized spacial score (nSPS) is 18.2. The number of nitrogens with zero attached hydrogens (tertiary/aromatic N) is 1. The van der Waals surface area contributed by atoms with Gasteiger partial charge in [-0.1, -0.05) is 0 Å². The van der Waals surface area contributed by atoms with Gasteiger partial charge >= 0.3 is 0 Å². The summed E-state index contributed by atoms with van der Waals surface area (Å²) in [6.07, 6.45) is 0. The van der Waals surface area contributed by atoms with Gasteiger partial charge in [-0.25, -0.2) is 0 Å². The van der Waals surface area contributed by atoms with E-state index in [2.05, 4.69) is 22.6 Å². The van der Waals surface area contributed by atoms with Crippen molar-refractivity contribution >= 4 is 0 Å². The Hall–Kier alpha value is -0.160. The average Bonchev–Trinajstić information content (AvgIpc) is 2.08. The smallest absolute Gasteiger partial charge is 0.0555 e. The van der Waals surface area contributed by atoms with Gasteiger partial charge in [-0.15, -0.1) is 0 Å². The van der Waals surface area contributed by atoms with E-state index in [0.717, 1.165) is 13.1 Å². The molecule has 0 unspecified atom stereocenters. The van der Waals surface area contributed by atoms with Crippen LogP contribution in [0.25, 0.3) is 0 Å². The fraction of sp³-hybridized carbons (Fsp3) is 1.00. The van der Waals surface area contributed by atoms with Gasteiger partial charge in [-0.3, -0.25) is 0 Å². The summed E-state index contributed by atoms with van der Waals surface area (Å²) < 4.78 is 0. The first-order chi connectivity index (χ1) is 5.81. The molecule has 0 amide bonds. The number of aliphatic hydroxyl groups is 1. The van der Waals surface area contributed by atoms with E-state index >= 15 is 0 Å². The summed E-state index contributed by atoms with van der Waals surface area (Å²) in [5, 5.41) is 14.0. The SMILES string of the molecule is CN1CCNCC1.CNCCO. The van der Waals surface area contributed by atoms with E-state index in [1.54, 1.807) is 7.05 Å². The fourth-order valence-corrected chi connectivity index (χ4v) is 0.888. The highest BCUT2D eigenvalue weighted by Crippen LogP contribution is 1.82. The molecule has 0 radical (unpaired) electrons. The molecule has 1 aliphatic rings. The van der Waals surface area contributed by atoms with Crippen molar-refractivity contribution in [2.24, 2.45) is 0 Å². The van der Waals surface area contributed by atoms with Gasteiger partial charge in [0.25, 0.3) is 0 Å². The summed E-state index contributed by atoms with van der Waals surface area (Å²) >= 11 is 0. The second kappa shape index (κ2) is 8.93. The van der Waals surface area contributed by atoms with E-state index in [1.807, 2.05) is 0 Å². The molecule has 1 heterocycles. The second-order valence-corrected chi connectivity index (χ2v) is 2.88. The molecule has 0 atom stereocenters. The van der Waals surface area contributed by atoms with Gasteiger partial charge in [-0.05, 0) is 14.1 Å². The third-order valence-electron chi connectivity index (χ3n) is 1.70. The van der Waals surface area contributed by atoms with Crippen LogP contribution in [0.2, 0.25) is 0 Å². The van der Waals surface area contributed by atoms with Gasteiger partial charge in [0.05, 0.1) is 6.61 Å². The number of piperazine rings is 1. The predicted molar refractivity (Wildman–Crippen MR) is 51.4 cm³/mol. The molecule has 1 fully saturated rings. The molecule has 0 aromatic heterocycles. The van der Waals surface area contributed by atoms with Crippen molar-refractivity contribution in [2.45, 2.75) is 0 Å². The number of likely N-dealkylation sites (N-methyl/N-ethyl adjacent to an activating group) is 2. The van der Waals surface area contributed by atoms with E-state index < -0.39 is 0 Å². The fourth-order valence-electron chi connectivity index (χ4n) is 0.888. The third kappa shape index (κ3) is 7.94. The van der Waals surface area contributed by atoms with E-state index in [-0.39, 0.29) is 6.61 Å². The van der Waals surface area contributed by atoms with Gasteiger partial charge < -0.3 is 20.6 Å². The van der Waals surface area contributed by atoms with Crippen molar-refractivity contribution in [2.75, 3.05) is 53.4 Å². The molecule has 0 bridgehead atoms. The minimum Gasteiger partial charge on any atom is -0.395 e. The maximum absolute atomic E-state index is 8.00. The lowest BCUT2D eigenvalue weighted by Crippen LogP contribution is -2.40. The van der Waals surface area contributed by atoms with Crippen molar-refractivity contribution in [3.63, 3.8) is 0 Å². The van der Waals surface area contributed by atoms with Crippen LogP contribution in [0.4, 0.5) is 0 Å². The average molecular weight is 175 g/mol. The molecule has 0 spiro atoms. The van der Waals surface area contributed by atoms with Crippen LogP contribution in [0.3, 0.4) is 0 Å². The van der Waals surface area contributed by atoms with Gasteiger partial charge in [0.15, 0.2) is 0 Å². The number of hydrogen-bond acceptors (Lipinski definition) is 4. The Kier molecular flexibility index (Phi) is 8.81. The Labute approximate surface area is 74.9 Å². The topological polar surface area (TPSA) is 47.5 Å². The lowest BCUT2D eigenvalue weighted by molar-refractivity contribution is 0.291. The molecule has 0 aliphatic carbocycles. The Morgan fingerprint density at radius 1 is 1.42 bits per heavy atom. The molecular weight excluding hydrogens is 154 g/mol. The summed E-state index contributed by atoms with van der Waals surface area (Å²) in [6, 6.07) is 0. The molecular formula is C8H21N3O. The number of nitrogens with one attached hydrogen (secondary N) is 2. The zero-order valence-electron chi connectivity index (χ0n) is 8.14. The molecule has 1 aliphatic heterocycles. The van der Waals surface area contributed by atoms with E-state index in [4.69, 9.17) is 5.11 Å². The lowest BCUT2D eigenvalue weighted by atomic mass is 10.4. The first-order valence-corrected chi connectivity index (χ1v) is 4.46. The van der Waals surface area contributed by atoms with Crippen LogP contribution in [0.1, 0.15) is 0 Å². The summed E-state index contributed by atoms with van der Waals surface area (Å²) in [7, 11) is 3.96. The molecule has 4 heteroatoms. The molecule has 0 aromatic rings. The number of aliphatic hydroxyl groups excluding tert-OH is 1. The summed E-state index contributed by atoms with van der Waals surface area (Å²) in [5.74, 6) is 0. The highest BCUT2D eigenvalue weighted by Gasteiger charge is 2.01. The van der Waals surface area contributed by atoms with Crippen LogP contribution in [-0.2, 0) is 0 Å². The van der Waals surface area contributed by atoms with Gasteiger partial charge in [-0.2, -0.15) is 0 Å². The van der Waals surface area contributed by atoms with E-state index in [9.17, 15) is 0 Å². The van der Waals surface area contributed by atoms with Crippen molar-refractivity contribution in [1.82, 2.24) is 15.5 Å². The number of hydrogen-bond donors (Lipinski definition) is 3. The minimum atomic E-state index is 0.233. The Morgan fingerprint density at radius 3 is 2.17 bits per heavy atom. The molecule has 4 nitrogen and oxygen atoms in total. The second-order valence-electron chi connectivity index (χ2n) is 2.88. The molecule has 74 valence electrons. The molecule has 12 heavy (non-hydrogen) atoms. The highest BCUT2D eigenvalue weighted by molar-refractivity contribution is 4.62. The first-order valence-electron chi connectivity index (χ1n) is 4.46. The minimum absolute atomic E-state index is 0.233. The quantitative estimate of drug-likeness (QED) is 0.489. The molecule has 1 saturated heterocycles. The Morgan fingerprint density at radius 2 is 2.00 bits per heavy atom. The van der Waals surface area contributed by atoms with Crippen molar-refractivity contribution in [3.8, 4) is 0 Å². The lowest BCUT2D eigenvalue weighted by Gasteiger charge is -2.21. The zero-order valence-corrected chi connectivity index (χ0v) is 8.14. The van der Waals surface area contributed by atoms with E-state index in [1.165, 1.54) is 13.1 Å². The summed E-state index contributed by atoms with van der Waals surface area (Å²) in [4.78, 5) is 2.33. The number of rotatable bonds is 2. The van der Waals surface area contributed by atoms with Crippen molar-refractivity contribution < 1.29 is 5.11 Å². The van der Waals surface area contributed by atoms with Crippen LogP contribution < -0.4 is 10.6 Å². The predicted octanol–water partition coefficient (Wildman–Crippen LogP) is -1.28. The van der Waals surface area contributed by atoms with Crippen molar-refractivity contribution in [3.05, 3.63) is 0 Å². The standard InChI is InChI=1S/C5H12N2.C3H9NO/c1-7-4-2-6-3-5-7;1-4-2-3-5/h6H,2-5H2,1H3;4-5H,2-3H2,1H3. The molecule has 3 N–H and O–H groups in total. The van der Waals surface area contributed by atoms with Gasteiger partial charge in [0, 0.05) is 32.7 Å². The maximum atomic E-state index is 8.00. The molecule has 0 aromatic carbocycles. The van der Waals surface area contributed by atoms with Crippen molar-refractivity contribution in [1.29, 1.82) is 0 Å². The highest BCUT2D eigenvalue weighted by atomic mass is 16.3. The van der Waals surface area contributed by atoms with Crippen LogP contribution >= 0.6 is 0 Å². The maximum Gasteiger partial charge on any atom is 0.0555 e. The van der Waals surface area contributed by atoms with Gasteiger partial charge in [0.1, 0.15) is 0 Å². The Balaban J connectivity index is 0.000000217. The van der Waals surface area contributed by atoms with Crippen LogP contribution in [0.5, 0.6) is 0 Å². The van der Waals surface area contributed by atoms with Crippen LogP contribution in [0, 0.1) is 0 Å². The van der Waals surface area contributed by atoms with Gasteiger partial charge in [0.2, 0.25) is 0 Å². The monoisotopic (exact) mass is 175 g/mol. The van der Waals surface area contributed by atoms with E-state index in [0.29, 0.717) is 6.54 Å². The zero-order chi connectivity index (χ0) is 9.23. The van der Waals surface area contributed by atoms with Crippen LogP contribution in [0.15, 0.2) is 0 Å².